The SMILES string of the molecule is CCOCc1ccccc1CNCc1ccc(I)cc1. The predicted molar refractivity (Wildman–Crippen MR) is 91.5 cm³/mol. The first-order chi connectivity index (χ1) is 9.79. The van der Waals surface area contributed by atoms with Crippen LogP contribution in [0.25, 0.3) is 0 Å². The molecule has 0 saturated carbocycles. The van der Waals surface area contributed by atoms with Gasteiger partial charge in [-0.15, -0.1) is 0 Å². The van der Waals surface area contributed by atoms with Crippen LogP contribution in [0.4, 0.5) is 0 Å². The lowest BCUT2D eigenvalue weighted by Crippen LogP contribution is -2.14. The molecular weight excluding hydrogens is 361 g/mol. The van der Waals surface area contributed by atoms with E-state index >= 15 is 0 Å². The minimum absolute atomic E-state index is 0.692. The molecule has 2 aromatic carbocycles. The highest BCUT2D eigenvalue weighted by atomic mass is 127. The molecule has 0 amide bonds. The summed E-state index contributed by atoms with van der Waals surface area (Å²) in [4.78, 5) is 0. The Bertz CT molecular complexity index is 525. The van der Waals surface area contributed by atoms with Crippen LogP contribution in [0, 0.1) is 3.57 Å². The average molecular weight is 381 g/mol. The minimum Gasteiger partial charge on any atom is -0.377 e. The maximum atomic E-state index is 5.51. The first-order valence-electron chi connectivity index (χ1n) is 6.89. The van der Waals surface area contributed by atoms with Crippen molar-refractivity contribution in [3.05, 3.63) is 68.8 Å². The molecule has 0 atom stereocenters. The van der Waals surface area contributed by atoms with Gasteiger partial charge in [0.1, 0.15) is 0 Å². The van der Waals surface area contributed by atoms with E-state index in [0.717, 1.165) is 19.7 Å². The molecule has 20 heavy (non-hydrogen) atoms. The molecule has 0 aliphatic carbocycles. The first kappa shape index (κ1) is 15.5. The number of halogens is 1. The van der Waals surface area contributed by atoms with Crippen molar-refractivity contribution in [2.24, 2.45) is 0 Å². The van der Waals surface area contributed by atoms with Gasteiger partial charge < -0.3 is 10.1 Å². The summed E-state index contributed by atoms with van der Waals surface area (Å²) in [5.41, 5.74) is 3.89. The third-order valence-corrected chi connectivity index (χ3v) is 3.86. The summed E-state index contributed by atoms with van der Waals surface area (Å²) in [6, 6.07) is 17.1. The van der Waals surface area contributed by atoms with E-state index in [1.54, 1.807) is 0 Å². The highest BCUT2D eigenvalue weighted by Crippen LogP contribution is 2.11. The second-order valence-corrected chi connectivity index (χ2v) is 5.88. The Balaban J connectivity index is 1.88. The summed E-state index contributed by atoms with van der Waals surface area (Å²) >= 11 is 2.33. The fourth-order valence-electron chi connectivity index (χ4n) is 2.03. The van der Waals surface area contributed by atoms with Crippen molar-refractivity contribution in [3.8, 4) is 0 Å². The van der Waals surface area contributed by atoms with E-state index in [4.69, 9.17) is 4.74 Å². The number of ether oxygens (including phenoxy) is 1. The second kappa shape index (κ2) is 8.39. The van der Waals surface area contributed by atoms with E-state index in [2.05, 4.69) is 76.4 Å². The summed E-state index contributed by atoms with van der Waals surface area (Å²) in [6.07, 6.45) is 0. The molecule has 0 bridgehead atoms. The molecule has 0 aliphatic rings. The molecule has 2 aromatic rings. The van der Waals surface area contributed by atoms with Crippen molar-refractivity contribution in [2.45, 2.75) is 26.6 Å². The number of nitrogens with one attached hydrogen (secondary N) is 1. The Morgan fingerprint density at radius 2 is 1.65 bits per heavy atom. The molecule has 1 N–H and O–H groups in total. The van der Waals surface area contributed by atoms with Crippen LogP contribution < -0.4 is 5.32 Å². The molecule has 0 fully saturated rings. The summed E-state index contributed by atoms with van der Waals surface area (Å²) in [5.74, 6) is 0. The average Bonchev–Trinajstić information content (AvgIpc) is 2.48. The maximum absolute atomic E-state index is 5.51. The fourth-order valence-corrected chi connectivity index (χ4v) is 2.39. The summed E-state index contributed by atoms with van der Waals surface area (Å²) in [5, 5.41) is 3.50. The van der Waals surface area contributed by atoms with Gasteiger partial charge in [-0.1, -0.05) is 36.4 Å². The van der Waals surface area contributed by atoms with Crippen molar-refractivity contribution >= 4 is 22.6 Å². The molecule has 0 aliphatic heterocycles. The zero-order valence-corrected chi connectivity index (χ0v) is 13.9. The Morgan fingerprint density at radius 1 is 0.950 bits per heavy atom. The van der Waals surface area contributed by atoms with Crippen LogP contribution in [-0.4, -0.2) is 6.61 Å². The van der Waals surface area contributed by atoms with Crippen LogP contribution in [0.2, 0.25) is 0 Å². The second-order valence-electron chi connectivity index (χ2n) is 4.64. The van der Waals surface area contributed by atoms with E-state index < -0.39 is 0 Å². The van der Waals surface area contributed by atoms with Gasteiger partial charge in [-0.3, -0.25) is 0 Å². The van der Waals surface area contributed by atoms with Gasteiger partial charge in [-0.25, -0.2) is 0 Å². The summed E-state index contributed by atoms with van der Waals surface area (Å²) < 4.78 is 6.78. The maximum Gasteiger partial charge on any atom is 0.0719 e. The van der Waals surface area contributed by atoms with E-state index in [9.17, 15) is 0 Å². The third-order valence-electron chi connectivity index (χ3n) is 3.14. The van der Waals surface area contributed by atoms with Crippen LogP contribution in [0.1, 0.15) is 23.6 Å². The number of hydrogen-bond donors (Lipinski definition) is 1. The standard InChI is InChI=1S/C17H20INO/c1-2-20-13-16-6-4-3-5-15(16)12-19-11-14-7-9-17(18)10-8-14/h3-10,19H,2,11-13H2,1H3. The Kier molecular flexibility index (Phi) is 6.50. The Labute approximate surface area is 134 Å². The molecule has 2 rings (SSSR count). The van der Waals surface area contributed by atoms with Gasteiger partial charge in [-0.2, -0.15) is 0 Å². The highest BCUT2D eigenvalue weighted by molar-refractivity contribution is 14.1. The predicted octanol–water partition coefficient (Wildman–Crippen LogP) is 4.12. The van der Waals surface area contributed by atoms with Gasteiger partial charge in [0, 0.05) is 23.3 Å². The van der Waals surface area contributed by atoms with E-state index in [1.807, 2.05) is 6.92 Å². The molecule has 0 unspecified atom stereocenters. The largest absolute Gasteiger partial charge is 0.377 e. The van der Waals surface area contributed by atoms with Crippen LogP contribution in [0.3, 0.4) is 0 Å². The van der Waals surface area contributed by atoms with E-state index in [-0.39, 0.29) is 0 Å². The van der Waals surface area contributed by atoms with E-state index in [1.165, 1.54) is 20.3 Å². The minimum atomic E-state index is 0.692. The normalized spacial score (nSPS) is 10.7. The lowest BCUT2D eigenvalue weighted by atomic mass is 10.1. The smallest absolute Gasteiger partial charge is 0.0719 e. The molecule has 0 heterocycles. The third kappa shape index (κ3) is 4.89. The Hall–Kier alpha value is -0.910. The van der Waals surface area contributed by atoms with Crippen molar-refractivity contribution in [2.75, 3.05) is 6.61 Å². The van der Waals surface area contributed by atoms with Crippen LogP contribution in [-0.2, 0) is 24.4 Å². The lowest BCUT2D eigenvalue weighted by Gasteiger charge is -2.11. The van der Waals surface area contributed by atoms with Gasteiger partial charge in [0.25, 0.3) is 0 Å². The number of hydrogen-bond acceptors (Lipinski definition) is 2. The van der Waals surface area contributed by atoms with Crippen molar-refractivity contribution < 1.29 is 4.74 Å². The van der Waals surface area contributed by atoms with Gasteiger partial charge in [-0.05, 0) is 58.3 Å². The van der Waals surface area contributed by atoms with Gasteiger partial charge >= 0.3 is 0 Å². The van der Waals surface area contributed by atoms with Gasteiger partial charge in [0.05, 0.1) is 6.61 Å². The van der Waals surface area contributed by atoms with Crippen molar-refractivity contribution in [3.63, 3.8) is 0 Å². The highest BCUT2D eigenvalue weighted by Gasteiger charge is 2.01. The summed E-state index contributed by atoms with van der Waals surface area (Å²) in [7, 11) is 0. The molecular formula is C17H20INO. The molecule has 106 valence electrons. The topological polar surface area (TPSA) is 21.3 Å². The number of benzene rings is 2. The van der Waals surface area contributed by atoms with Crippen LogP contribution >= 0.6 is 22.6 Å². The summed E-state index contributed by atoms with van der Waals surface area (Å²) in [6.45, 7) is 5.23. The van der Waals surface area contributed by atoms with Crippen LogP contribution in [0.15, 0.2) is 48.5 Å². The van der Waals surface area contributed by atoms with Gasteiger partial charge in [0.15, 0.2) is 0 Å². The lowest BCUT2D eigenvalue weighted by molar-refractivity contribution is 0.133. The van der Waals surface area contributed by atoms with E-state index in [0.29, 0.717) is 6.61 Å². The molecule has 2 nitrogen and oxygen atoms in total. The quantitative estimate of drug-likeness (QED) is 0.729. The van der Waals surface area contributed by atoms with Crippen molar-refractivity contribution in [1.82, 2.24) is 5.32 Å². The monoisotopic (exact) mass is 381 g/mol. The zero-order valence-electron chi connectivity index (χ0n) is 11.7. The first-order valence-corrected chi connectivity index (χ1v) is 7.97. The number of rotatable bonds is 7. The molecule has 3 heteroatoms. The molecule has 0 radical (unpaired) electrons. The van der Waals surface area contributed by atoms with Crippen molar-refractivity contribution in [1.29, 1.82) is 0 Å². The molecule has 0 aromatic heterocycles. The Morgan fingerprint density at radius 3 is 2.35 bits per heavy atom. The van der Waals surface area contributed by atoms with Crippen LogP contribution in [0.5, 0.6) is 0 Å². The molecule has 0 spiro atoms. The zero-order chi connectivity index (χ0) is 14.2. The fraction of sp³-hybridized carbons (Fsp3) is 0.294. The molecule has 0 saturated heterocycles. The van der Waals surface area contributed by atoms with Gasteiger partial charge in [0.2, 0.25) is 0 Å².